The van der Waals surface area contributed by atoms with Crippen LogP contribution >= 0.6 is 0 Å². The Labute approximate surface area is 186 Å². The summed E-state index contributed by atoms with van der Waals surface area (Å²) in [5.74, 6) is -1.41. The van der Waals surface area contributed by atoms with Crippen molar-refractivity contribution < 1.29 is 24.5 Å². The number of carbonyl (C=O) groups excluding carboxylic acids is 2. The third-order valence-electron chi connectivity index (χ3n) is 5.38. The van der Waals surface area contributed by atoms with Crippen LogP contribution in [0.25, 0.3) is 5.76 Å². The highest BCUT2D eigenvalue weighted by Crippen LogP contribution is 2.44. The lowest BCUT2D eigenvalue weighted by Crippen LogP contribution is -2.29. The van der Waals surface area contributed by atoms with Crippen molar-refractivity contribution in [2.24, 2.45) is 0 Å². The number of rotatable bonds is 5. The smallest absolute Gasteiger partial charge is 0.300 e. The van der Waals surface area contributed by atoms with Gasteiger partial charge in [0.25, 0.3) is 11.7 Å². The van der Waals surface area contributed by atoms with E-state index in [1.807, 2.05) is 32.0 Å². The van der Waals surface area contributed by atoms with Crippen LogP contribution in [0.15, 0.2) is 78.4 Å². The molecule has 3 aromatic rings. The number of para-hydroxylation sites is 2. The molecule has 1 atom stereocenters. The zero-order valence-corrected chi connectivity index (χ0v) is 17.8. The number of carbonyl (C=O) groups is 2. The normalized spacial score (nSPS) is 17.6. The van der Waals surface area contributed by atoms with E-state index in [1.165, 1.54) is 11.0 Å². The molecule has 6 nitrogen and oxygen atoms in total. The van der Waals surface area contributed by atoms with E-state index in [-0.39, 0.29) is 22.8 Å². The summed E-state index contributed by atoms with van der Waals surface area (Å²) < 4.78 is 5.44. The number of aliphatic hydroxyl groups excluding tert-OH is 1. The zero-order valence-electron chi connectivity index (χ0n) is 17.8. The molecule has 1 aliphatic heterocycles. The number of phenols is 1. The minimum atomic E-state index is -0.894. The van der Waals surface area contributed by atoms with Crippen molar-refractivity contribution in [3.05, 3.63) is 95.1 Å². The molecule has 162 valence electrons. The Morgan fingerprint density at radius 3 is 2.38 bits per heavy atom. The van der Waals surface area contributed by atoms with Crippen LogP contribution in [0.4, 0.5) is 5.69 Å². The second-order valence-corrected chi connectivity index (χ2v) is 7.53. The number of aromatic hydroxyl groups is 1. The van der Waals surface area contributed by atoms with E-state index in [0.29, 0.717) is 23.5 Å². The molecule has 2 N–H and O–H groups in total. The molecule has 0 bridgehead atoms. The number of anilines is 1. The molecule has 1 unspecified atom stereocenters. The summed E-state index contributed by atoms with van der Waals surface area (Å²) in [6, 6.07) is 19.5. The highest BCUT2D eigenvalue weighted by Gasteiger charge is 2.47. The first-order valence-electron chi connectivity index (χ1n) is 10.3. The maximum Gasteiger partial charge on any atom is 0.300 e. The van der Waals surface area contributed by atoms with Crippen molar-refractivity contribution in [2.75, 3.05) is 11.5 Å². The Bertz CT molecular complexity index is 1210. The van der Waals surface area contributed by atoms with Gasteiger partial charge in [-0.25, -0.2) is 0 Å². The summed E-state index contributed by atoms with van der Waals surface area (Å²) in [4.78, 5) is 27.5. The van der Waals surface area contributed by atoms with Gasteiger partial charge in [-0.1, -0.05) is 42.0 Å². The SMILES string of the molecule is CCOc1ccc(/C(O)=C2/C(=O)C(=O)N(c3ccccc3O)C2c2cccc(C)c2)cc1. The molecule has 0 aliphatic carbocycles. The van der Waals surface area contributed by atoms with E-state index in [0.717, 1.165) is 5.56 Å². The largest absolute Gasteiger partial charge is 0.507 e. The molecule has 4 rings (SSSR count). The molecule has 3 aromatic carbocycles. The van der Waals surface area contributed by atoms with Gasteiger partial charge in [-0.05, 0) is 55.8 Å². The van der Waals surface area contributed by atoms with Crippen molar-refractivity contribution in [3.63, 3.8) is 0 Å². The third-order valence-corrected chi connectivity index (χ3v) is 5.38. The van der Waals surface area contributed by atoms with E-state index in [9.17, 15) is 19.8 Å². The Hall–Kier alpha value is -4.06. The standard InChI is InChI=1S/C26H23NO5/c1-3-32-19-13-11-17(12-14-19)24(29)22-23(18-8-6-7-16(2)15-18)27(26(31)25(22)30)20-9-4-5-10-21(20)28/h4-15,23,28-29H,3H2,1-2H3/b24-22-. The molecule has 1 amide bonds. The Kier molecular flexibility index (Phi) is 5.69. The monoisotopic (exact) mass is 429 g/mol. The zero-order chi connectivity index (χ0) is 22.8. The first-order chi connectivity index (χ1) is 15.4. The van der Waals surface area contributed by atoms with Gasteiger partial charge < -0.3 is 14.9 Å². The lowest BCUT2D eigenvalue weighted by Gasteiger charge is -2.26. The minimum Gasteiger partial charge on any atom is -0.507 e. The van der Waals surface area contributed by atoms with Gasteiger partial charge in [0.15, 0.2) is 0 Å². The summed E-state index contributed by atoms with van der Waals surface area (Å²) in [7, 11) is 0. The maximum atomic E-state index is 13.1. The van der Waals surface area contributed by atoms with Crippen molar-refractivity contribution in [3.8, 4) is 11.5 Å². The fraction of sp³-hybridized carbons (Fsp3) is 0.154. The average Bonchev–Trinajstić information content (AvgIpc) is 3.05. The van der Waals surface area contributed by atoms with Gasteiger partial charge in [0.1, 0.15) is 17.3 Å². The lowest BCUT2D eigenvalue weighted by atomic mass is 9.94. The number of ketones is 1. The van der Waals surface area contributed by atoms with Crippen LogP contribution in [-0.2, 0) is 9.59 Å². The topological polar surface area (TPSA) is 87.1 Å². The summed E-state index contributed by atoms with van der Waals surface area (Å²) in [6.45, 7) is 4.28. The number of aryl methyl sites for hydroxylation is 1. The molecule has 0 spiro atoms. The van der Waals surface area contributed by atoms with Gasteiger partial charge in [0.05, 0.1) is 23.9 Å². The number of nitrogens with zero attached hydrogens (tertiary/aromatic N) is 1. The molecule has 1 fully saturated rings. The number of phenolic OH excluding ortho intramolecular Hbond substituents is 1. The first kappa shape index (κ1) is 21.2. The summed E-state index contributed by atoms with van der Waals surface area (Å²) in [6.07, 6.45) is 0. The predicted molar refractivity (Wildman–Crippen MR) is 122 cm³/mol. The molecule has 0 aromatic heterocycles. The molecule has 0 radical (unpaired) electrons. The van der Waals surface area contributed by atoms with Gasteiger partial charge in [-0.2, -0.15) is 0 Å². The molecular formula is C26H23NO5. The van der Waals surface area contributed by atoms with Crippen LogP contribution in [0.3, 0.4) is 0 Å². The second kappa shape index (κ2) is 8.59. The van der Waals surface area contributed by atoms with Gasteiger partial charge in [0, 0.05) is 5.56 Å². The molecule has 6 heteroatoms. The number of Topliss-reactive ketones (excluding diaryl/α,β-unsaturated/α-hetero) is 1. The molecular weight excluding hydrogens is 406 g/mol. The quantitative estimate of drug-likeness (QED) is 0.348. The van der Waals surface area contributed by atoms with Crippen LogP contribution in [0.5, 0.6) is 11.5 Å². The fourth-order valence-corrected chi connectivity index (χ4v) is 3.94. The van der Waals surface area contributed by atoms with Crippen molar-refractivity contribution in [1.82, 2.24) is 0 Å². The molecule has 32 heavy (non-hydrogen) atoms. The van der Waals surface area contributed by atoms with Crippen LogP contribution in [0.2, 0.25) is 0 Å². The summed E-state index contributed by atoms with van der Waals surface area (Å²) in [5, 5.41) is 21.6. The van der Waals surface area contributed by atoms with E-state index in [1.54, 1.807) is 48.5 Å². The van der Waals surface area contributed by atoms with Crippen molar-refractivity contribution >= 4 is 23.1 Å². The number of hydrogen-bond acceptors (Lipinski definition) is 5. The number of aliphatic hydroxyl groups is 1. The number of amides is 1. The van der Waals surface area contributed by atoms with Crippen molar-refractivity contribution in [1.29, 1.82) is 0 Å². The van der Waals surface area contributed by atoms with E-state index in [2.05, 4.69) is 0 Å². The second-order valence-electron chi connectivity index (χ2n) is 7.53. The third kappa shape index (κ3) is 3.71. The van der Waals surface area contributed by atoms with Crippen molar-refractivity contribution in [2.45, 2.75) is 19.9 Å². The molecule has 1 saturated heterocycles. The number of hydrogen-bond donors (Lipinski definition) is 2. The van der Waals surface area contributed by atoms with Gasteiger partial charge >= 0.3 is 0 Å². The van der Waals surface area contributed by atoms with Gasteiger partial charge in [-0.15, -0.1) is 0 Å². The van der Waals surface area contributed by atoms with E-state index < -0.39 is 17.7 Å². The molecule has 1 heterocycles. The summed E-state index contributed by atoms with van der Waals surface area (Å²) >= 11 is 0. The maximum absolute atomic E-state index is 13.1. The average molecular weight is 429 g/mol. The lowest BCUT2D eigenvalue weighted by molar-refractivity contribution is -0.132. The highest BCUT2D eigenvalue weighted by atomic mass is 16.5. The van der Waals surface area contributed by atoms with E-state index >= 15 is 0 Å². The number of ether oxygens (including phenoxy) is 1. The van der Waals surface area contributed by atoms with Gasteiger partial charge in [0.2, 0.25) is 0 Å². The highest BCUT2D eigenvalue weighted by molar-refractivity contribution is 6.51. The fourth-order valence-electron chi connectivity index (χ4n) is 3.94. The molecule has 0 saturated carbocycles. The first-order valence-corrected chi connectivity index (χ1v) is 10.3. The molecule has 1 aliphatic rings. The Morgan fingerprint density at radius 1 is 1.00 bits per heavy atom. The Balaban J connectivity index is 1.91. The van der Waals surface area contributed by atoms with Gasteiger partial charge in [-0.3, -0.25) is 14.5 Å². The predicted octanol–water partition coefficient (Wildman–Crippen LogP) is 4.73. The number of benzene rings is 3. The Morgan fingerprint density at radius 2 is 1.72 bits per heavy atom. The van der Waals surface area contributed by atoms with Crippen LogP contribution in [0.1, 0.15) is 29.7 Å². The van der Waals surface area contributed by atoms with Crippen LogP contribution in [-0.4, -0.2) is 28.5 Å². The van der Waals surface area contributed by atoms with E-state index in [4.69, 9.17) is 4.74 Å². The van der Waals surface area contributed by atoms with Crippen LogP contribution in [0, 0.1) is 6.92 Å². The summed E-state index contributed by atoms with van der Waals surface area (Å²) in [5.41, 5.74) is 2.15. The van der Waals surface area contributed by atoms with Crippen LogP contribution < -0.4 is 9.64 Å². The minimum absolute atomic E-state index is 0.0342.